The highest BCUT2D eigenvalue weighted by atomic mass is 32.2. The van der Waals surface area contributed by atoms with E-state index in [1.54, 1.807) is 18.9 Å². The number of carbonyl (C=O) groups is 2. The van der Waals surface area contributed by atoms with E-state index in [4.69, 9.17) is 23.9 Å². The molecule has 8 heteroatoms. The largest absolute Gasteiger partial charge is 0.497 e. The van der Waals surface area contributed by atoms with Crippen LogP contribution in [0.3, 0.4) is 0 Å². The first-order valence-electron chi connectivity index (χ1n) is 12.6. The molecule has 0 fully saturated rings. The number of fused-ring (bicyclic) bond motifs is 1. The van der Waals surface area contributed by atoms with Gasteiger partial charge in [-0.15, -0.1) is 0 Å². The summed E-state index contributed by atoms with van der Waals surface area (Å²) in [5.41, 5.74) is 3.93. The number of thioether (sulfide) groups is 1. The Morgan fingerprint density at radius 1 is 1.08 bits per heavy atom. The first-order chi connectivity index (χ1) is 18.0. The highest BCUT2D eigenvalue weighted by Gasteiger charge is 2.45. The number of esters is 1. The molecule has 0 saturated carbocycles. The quantitative estimate of drug-likeness (QED) is 0.345. The van der Waals surface area contributed by atoms with Crippen LogP contribution in [0.4, 0.5) is 0 Å². The van der Waals surface area contributed by atoms with Crippen molar-refractivity contribution < 1.29 is 28.5 Å². The minimum Gasteiger partial charge on any atom is -0.497 e. The number of ether oxygens (including phenoxy) is 4. The summed E-state index contributed by atoms with van der Waals surface area (Å²) in [6.45, 7) is 4.41. The number of ketones is 1. The van der Waals surface area contributed by atoms with Gasteiger partial charge in [0, 0.05) is 35.1 Å². The zero-order valence-electron chi connectivity index (χ0n) is 21.3. The minimum atomic E-state index is -0.674. The molecule has 2 aliphatic heterocycles. The van der Waals surface area contributed by atoms with Gasteiger partial charge in [0.05, 0.1) is 7.11 Å². The fraction of sp³-hybridized carbons (Fsp3) is 0.414. The van der Waals surface area contributed by atoms with Crippen LogP contribution in [0.1, 0.15) is 49.7 Å². The van der Waals surface area contributed by atoms with Crippen LogP contribution in [0.5, 0.6) is 17.2 Å². The van der Waals surface area contributed by atoms with Gasteiger partial charge >= 0.3 is 5.97 Å². The summed E-state index contributed by atoms with van der Waals surface area (Å²) < 4.78 is 22.1. The van der Waals surface area contributed by atoms with Gasteiger partial charge in [-0.1, -0.05) is 25.1 Å². The Morgan fingerprint density at radius 2 is 1.84 bits per heavy atom. The van der Waals surface area contributed by atoms with Crippen molar-refractivity contribution in [3.63, 3.8) is 0 Å². The van der Waals surface area contributed by atoms with Crippen molar-refractivity contribution in [2.24, 2.45) is 10.9 Å². The van der Waals surface area contributed by atoms with Crippen LogP contribution >= 0.6 is 11.8 Å². The Balaban J connectivity index is 1.51. The van der Waals surface area contributed by atoms with Crippen LogP contribution in [-0.2, 0) is 14.3 Å². The molecule has 0 N–H and O–H groups in total. The van der Waals surface area contributed by atoms with E-state index in [1.165, 1.54) is 0 Å². The van der Waals surface area contributed by atoms with E-state index in [0.717, 1.165) is 34.1 Å². The van der Waals surface area contributed by atoms with Crippen molar-refractivity contribution in [1.82, 2.24) is 0 Å². The van der Waals surface area contributed by atoms with Crippen molar-refractivity contribution in [3.05, 3.63) is 64.9 Å². The van der Waals surface area contributed by atoms with Crippen LogP contribution in [0, 0.1) is 5.92 Å². The molecule has 7 nitrogen and oxygen atoms in total. The second kappa shape index (κ2) is 11.0. The van der Waals surface area contributed by atoms with E-state index in [0.29, 0.717) is 42.2 Å². The molecule has 0 bridgehead atoms. The smallest absolute Gasteiger partial charge is 0.315 e. The second-order valence-corrected chi connectivity index (χ2v) is 10.7. The fourth-order valence-corrected chi connectivity index (χ4v) is 5.87. The molecule has 0 saturated heterocycles. The average molecular weight is 522 g/mol. The van der Waals surface area contributed by atoms with Gasteiger partial charge in [0.25, 0.3) is 0 Å². The SMILES string of the molecule is CCSCCOC(=O)C1C(C)=NC2=C(C(=O)C[C@H](c3ccc(OC)cc3)C2)[C@@H]1c1ccc2c(c1)OCO2. The van der Waals surface area contributed by atoms with E-state index in [9.17, 15) is 9.59 Å². The summed E-state index contributed by atoms with van der Waals surface area (Å²) in [7, 11) is 1.64. The summed E-state index contributed by atoms with van der Waals surface area (Å²) in [5.74, 6) is 2.26. The third-order valence-electron chi connectivity index (χ3n) is 7.16. The molecule has 2 heterocycles. The molecule has 37 heavy (non-hydrogen) atoms. The molecule has 1 aliphatic carbocycles. The highest BCUT2D eigenvalue weighted by molar-refractivity contribution is 7.99. The summed E-state index contributed by atoms with van der Waals surface area (Å²) in [4.78, 5) is 32.0. The Hall–Kier alpha value is -3.26. The van der Waals surface area contributed by atoms with Gasteiger partial charge in [-0.25, -0.2) is 0 Å². The number of Topliss-reactive ketones (excluding diaryl/α,β-unsaturated/α-hetero) is 1. The summed E-state index contributed by atoms with van der Waals surface area (Å²) in [5, 5.41) is 0. The normalized spacial score (nSPS) is 22.4. The molecule has 3 atom stereocenters. The van der Waals surface area contributed by atoms with Crippen LogP contribution in [0.15, 0.2) is 58.7 Å². The van der Waals surface area contributed by atoms with Gasteiger partial charge in [0.1, 0.15) is 18.3 Å². The second-order valence-electron chi connectivity index (χ2n) is 9.35. The molecular formula is C29H31NO6S. The number of carbonyl (C=O) groups excluding carboxylic acids is 2. The highest BCUT2D eigenvalue weighted by Crippen LogP contribution is 2.48. The lowest BCUT2D eigenvalue weighted by Crippen LogP contribution is -2.38. The standard InChI is InChI=1S/C29H31NO6S/c1-4-37-12-11-34-29(32)26-17(2)30-22-13-20(18-5-8-21(33-3)9-6-18)14-23(31)28(22)27(26)19-7-10-24-25(15-19)36-16-35-24/h5-10,15,20,26-27H,4,11-14,16H2,1-3H3/t20-,26?,27-/m1/s1. The molecular weight excluding hydrogens is 490 g/mol. The number of nitrogens with zero attached hydrogens (tertiary/aromatic N) is 1. The Kier molecular flexibility index (Phi) is 7.55. The molecule has 2 aromatic rings. The van der Waals surface area contributed by atoms with E-state index in [1.807, 2.05) is 49.4 Å². The van der Waals surface area contributed by atoms with Gasteiger partial charge in [-0.2, -0.15) is 11.8 Å². The molecule has 0 amide bonds. The van der Waals surface area contributed by atoms with Gasteiger partial charge in [-0.05, 0) is 60.4 Å². The summed E-state index contributed by atoms with van der Waals surface area (Å²) in [6.07, 6.45) is 0.983. The molecule has 2 aromatic carbocycles. The number of hydrogen-bond donors (Lipinski definition) is 0. The first kappa shape index (κ1) is 25.4. The van der Waals surface area contributed by atoms with Crippen molar-refractivity contribution in [3.8, 4) is 17.2 Å². The van der Waals surface area contributed by atoms with Crippen molar-refractivity contribution in [2.75, 3.05) is 32.0 Å². The fourth-order valence-electron chi connectivity index (χ4n) is 5.38. The van der Waals surface area contributed by atoms with Gasteiger partial charge in [0.15, 0.2) is 17.3 Å². The molecule has 0 aromatic heterocycles. The lowest BCUT2D eigenvalue weighted by Gasteiger charge is -2.36. The maximum atomic E-state index is 13.8. The predicted octanol–water partition coefficient (Wildman–Crippen LogP) is 5.30. The van der Waals surface area contributed by atoms with Crippen LogP contribution < -0.4 is 14.2 Å². The Morgan fingerprint density at radius 3 is 2.59 bits per heavy atom. The monoisotopic (exact) mass is 521 g/mol. The number of hydrogen-bond acceptors (Lipinski definition) is 8. The van der Waals surface area contributed by atoms with E-state index < -0.39 is 11.8 Å². The minimum absolute atomic E-state index is 0.0142. The van der Waals surface area contributed by atoms with Crippen LogP contribution in [0.25, 0.3) is 0 Å². The topological polar surface area (TPSA) is 83.4 Å². The molecule has 0 spiro atoms. The van der Waals surface area contributed by atoms with Gasteiger partial charge in [-0.3, -0.25) is 14.6 Å². The zero-order chi connectivity index (χ0) is 25.9. The number of aliphatic imine (C=N–C) groups is 1. The lowest BCUT2D eigenvalue weighted by molar-refractivity contribution is -0.145. The number of rotatable bonds is 8. The molecule has 3 aliphatic rings. The first-order valence-corrected chi connectivity index (χ1v) is 13.7. The lowest BCUT2D eigenvalue weighted by atomic mass is 9.69. The van der Waals surface area contributed by atoms with Crippen molar-refractivity contribution >= 4 is 29.2 Å². The van der Waals surface area contributed by atoms with Crippen molar-refractivity contribution in [2.45, 2.75) is 38.5 Å². The Labute approximate surface area is 221 Å². The predicted molar refractivity (Wildman–Crippen MR) is 143 cm³/mol. The average Bonchev–Trinajstić information content (AvgIpc) is 3.38. The maximum Gasteiger partial charge on any atom is 0.315 e. The Bertz CT molecular complexity index is 1250. The third kappa shape index (κ3) is 5.12. The molecule has 1 unspecified atom stereocenters. The summed E-state index contributed by atoms with van der Waals surface area (Å²) >= 11 is 1.72. The molecule has 194 valence electrons. The van der Waals surface area contributed by atoms with E-state index in [2.05, 4.69) is 6.92 Å². The third-order valence-corrected chi connectivity index (χ3v) is 8.03. The van der Waals surface area contributed by atoms with Crippen molar-refractivity contribution in [1.29, 1.82) is 0 Å². The molecule has 5 rings (SSSR count). The number of methoxy groups -OCH3 is 1. The zero-order valence-corrected chi connectivity index (χ0v) is 22.1. The maximum absolute atomic E-state index is 13.8. The van der Waals surface area contributed by atoms with Crippen LogP contribution in [-0.4, -0.2) is 49.5 Å². The van der Waals surface area contributed by atoms with E-state index >= 15 is 0 Å². The number of benzene rings is 2. The van der Waals surface area contributed by atoms with E-state index in [-0.39, 0.29) is 24.5 Å². The number of allylic oxidation sites excluding steroid dienone is 2. The van der Waals surface area contributed by atoms with Gasteiger partial charge < -0.3 is 18.9 Å². The van der Waals surface area contributed by atoms with Crippen LogP contribution in [0.2, 0.25) is 0 Å². The molecule has 0 radical (unpaired) electrons. The summed E-state index contributed by atoms with van der Waals surface area (Å²) in [6, 6.07) is 13.5. The van der Waals surface area contributed by atoms with Gasteiger partial charge in [0.2, 0.25) is 6.79 Å².